The zero-order valence-electron chi connectivity index (χ0n) is 11.3. The van der Waals surface area contributed by atoms with Gasteiger partial charge in [-0.3, -0.25) is 4.31 Å². The van der Waals surface area contributed by atoms with E-state index in [9.17, 15) is 17.2 Å². The van der Waals surface area contributed by atoms with E-state index in [1.54, 1.807) is 6.92 Å². The van der Waals surface area contributed by atoms with E-state index in [1.165, 1.54) is 24.3 Å². The standard InChI is InChI=1S/C14H14F2N2O2S/c1-2-18(11-8-6-10(15)7-9-11)21(19,20)14-12(16)4-3-5-13(14)17/h3-9H,2,17H2,1H3. The van der Waals surface area contributed by atoms with Crippen molar-refractivity contribution in [1.29, 1.82) is 0 Å². The number of nitrogens with two attached hydrogens (primary N) is 1. The van der Waals surface area contributed by atoms with Gasteiger partial charge in [-0.05, 0) is 43.3 Å². The fourth-order valence-electron chi connectivity index (χ4n) is 2.01. The number of rotatable bonds is 4. The minimum Gasteiger partial charge on any atom is -0.398 e. The van der Waals surface area contributed by atoms with Gasteiger partial charge in [0, 0.05) is 6.54 Å². The van der Waals surface area contributed by atoms with Crippen LogP contribution in [-0.4, -0.2) is 15.0 Å². The maximum Gasteiger partial charge on any atom is 0.269 e. The summed E-state index contributed by atoms with van der Waals surface area (Å²) in [5.41, 5.74) is 5.66. The molecule has 4 nitrogen and oxygen atoms in total. The Hall–Kier alpha value is -2.15. The third-order valence-electron chi connectivity index (χ3n) is 2.95. The minimum absolute atomic E-state index is 0.0573. The number of hydrogen-bond donors (Lipinski definition) is 1. The van der Waals surface area contributed by atoms with Gasteiger partial charge in [0.2, 0.25) is 0 Å². The first-order chi connectivity index (χ1) is 9.87. The van der Waals surface area contributed by atoms with Crippen LogP contribution in [0.2, 0.25) is 0 Å². The fraction of sp³-hybridized carbons (Fsp3) is 0.143. The number of nitrogens with zero attached hydrogens (tertiary/aromatic N) is 1. The molecule has 0 saturated heterocycles. The highest BCUT2D eigenvalue weighted by atomic mass is 32.2. The van der Waals surface area contributed by atoms with Crippen LogP contribution >= 0.6 is 0 Å². The van der Waals surface area contributed by atoms with E-state index in [2.05, 4.69) is 0 Å². The van der Waals surface area contributed by atoms with Crippen LogP contribution in [0, 0.1) is 11.6 Å². The SMILES string of the molecule is CCN(c1ccc(F)cc1)S(=O)(=O)c1c(N)cccc1F. The van der Waals surface area contributed by atoms with Gasteiger partial charge >= 0.3 is 0 Å². The molecular weight excluding hydrogens is 298 g/mol. The van der Waals surface area contributed by atoms with E-state index < -0.39 is 26.6 Å². The first-order valence-electron chi connectivity index (χ1n) is 6.20. The summed E-state index contributed by atoms with van der Waals surface area (Å²) in [6.07, 6.45) is 0. The molecule has 0 aromatic heterocycles. The molecule has 0 amide bonds. The molecule has 0 heterocycles. The van der Waals surface area contributed by atoms with Gasteiger partial charge in [0.1, 0.15) is 16.5 Å². The lowest BCUT2D eigenvalue weighted by Gasteiger charge is -2.23. The summed E-state index contributed by atoms with van der Waals surface area (Å²) < 4.78 is 53.0. The van der Waals surface area contributed by atoms with Gasteiger partial charge in [-0.2, -0.15) is 0 Å². The van der Waals surface area contributed by atoms with E-state index in [0.29, 0.717) is 0 Å². The molecule has 0 bridgehead atoms. The number of nitrogen functional groups attached to an aromatic ring is 1. The Labute approximate surface area is 121 Å². The topological polar surface area (TPSA) is 63.4 Å². The average molecular weight is 312 g/mol. The van der Waals surface area contributed by atoms with Crippen LogP contribution in [-0.2, 0) is 10.0 Å². The Morgan fingerprint density at radius 1 is 1.10 bits per heavy atom. The number of sulfonamides is 1. The maximum atomic E-state index is 13.9. The van der Waals surface area contributed by atoms with Gasteiger partial charge in [0.25, 0.3) is 10.0 Å². The minimum atomic E-state index is -4.17. The molecule has 2 aromatic carbocycles. The van der Waals surface area contributed by atoms with Gasteiger partial charge in [-0.25, -0.2) is 17.2 Å². The van der Waals surface area contributed by atoms with E-state index in [1.807, 2.05) is 0 Å². The molecule has 0 aliphatic heterocycles. The monoisotopic (exact) mass is 312 g/mol. The second-order valence-corrected chi connectivity index (χ2v) is 6.10. The van der Waals surface area contributed by atoms with Crippen LogP contribution in [0.25, 0.3) is 0 Å². The van der Waals surface area contributed by atoms with Crippen molar-refractivity contribution in [3.8, 4) is 0 Å². The lowest BCUT2D eigenvalue weighted by Crippen LogP contribution is -2.32. The molecule has 0 spiro atoms. The van der Waals surface area contributed by atoms with Gasteiger partial charge in [0.05, 0.1) is 11.4 Å². The van der Waals surface area contributed by atoms with Crippen molar-refractivity contribution in [2.75, 3.05) is 16.6 Å². The van der Waals surface area contributed by atoms with Crippen molar-refractivity contribution in [2.45, 2.75) is 11.8 Å². The molecule has 0 fully saturated rings. The predicted molar refractivity (Wildman–Crippen MR) is 77.4 cm³/mol. The zero-order chi connectivity index (χ0) is 15.6. The molecular formula is C14H14F2N2O2S. The molecule has 2 rings (SSSR count). The molecule has 7 heteroatoms. The molecule has 0 aliphatic carbocycles. The Morgan fingerprint density at radius 3 is 2.24 bits per heavy atom. The van der Waals surface area contributed by atoms with Crippen molar-refractivity contribution >= 4 is 21.4 Å². The maximum absolute atomic E-state index is 13.9. The summed E-state index contributed by atoms with van der Waals surface area (Å²) in [4.78, 5) is -0.573. The van der Waals surface area contributed by atoms with E-state index in [0.717, 1.165) is 22.5 Å². The summed E-state index contributed by atoms with van der Waals surface area (Å²) >= 11 is 0. The van der Waals surface area contributed by atoms with Crippen LogP contribution in [0.5, 0.6) is 0 Å². The molecule has 0 unspecified atom stereocenters. The van der Waals surface area contributed by atoms with Crippen molar-refractivity contribution < 1.29 is 17.2 Å². The zero-order valence-corrected chi connectivity index (χ0v) is 12.1. The fourth-order valence-corrected chi connectivity index (χ4v) is 3.65. The number of hydrogen-bond acceptors (Lipinski definition) is 3. The molecule has 21 heavy (non-hydrogen) atoms. The van der Waals surface area contributed by atoms with Gasteiger partial charge < -0.3 is 5.73 Å². The third kappa shape index (κ3) is 2.82. The summed E-state index contributed by atoms with van der Waals surface area (Å²) in [5.74, 6) is -1.41. The van der Waals surface area contributed by atoms with Gasteiger partial charge in [-0.1, -0.05) is 6.07 Å². The summed E-state index contributed by atoms with van der Waals surface area (Å²) in [7, 11) is -4.17. The van der Waals surface area contributed by atoms with E-state index >= 15 is 0 Å². The second kappa shape index (κ2) is 5.69. The smallest absolute Gasteiger partial charge is 0.269 e. The molecule has 2 N–H and O–H groups in total. The van der Waals surface area contributed by atoms with Gasteiger partial charge in [0.15, 0.2) is 0 Å². The van der Waals surface area contributed by atoms with Crippen molar-refractivity contribution in [3.63, 3.8) is 0 Å². The molecule has 0 saturated carbocycles. The Morgan fingerprint density at radius 2 is 1.71 bits per heavy atom. The predicted octanol–water partition coefficient (Wildman–Crippen LogP) is 2.76. The largest absolute Gasteiger partial charge is 0.398 e. The first kappa shape index (κ1) is 15.2. The van der Waals surface area contributed by atoms with Crippen molar-refractivity contribution in [1.82, 2.24) is 0 Å². The van der Waals surface area contributed by atoms with E-state index in [4.69, 9.17) is 5.73 Å². The van der Waals surface area contributed by atoms with E-state index in [-0.39, 0.29) is 17.9 Å². The first-order valence-corrected chi connectivity index (χ1v) is 7.64. The Balaban J connectivity index is 2.58. The van der Waals surface area contributed by atoms with Gasteiger partial charge in [-0.15, -0.1) is 0 Å². The van der Waals surface area contributed by atoms with Crippen LogP contribution in [0.15, 0.2) is 47.4 Å². The quantitative estimate of drug-likeness (QED) is 0.883. The molecule has 112 valence electrons. The van der Waals surface area contributed by atoms with Crippen LogP contribution in [0.4, 0.5) is 20.2 Å². The summed E-state index contributed by atoms with van der Waals surface area (Å²) in [5, 5.41) is 0. The van der Waals surface area contributed by atoms with Crippen LogP contribution < -0.4 is 10.0 Å². The summed E-state index contributed by atoms with van der Waals surface area (Å²) in [6, 6.07) is 8.57. The third-order valence-corrected chi connectivity index (χ3v) is 4.94. The van der Waals surface area contributed by atoms with Crippen LogP contribution in [0.3, 0.4) is 0 Å². The molecule has 0 aliphatic rings. The molecule has 2 aromatic rings. The Kier molecular flexibility index (Phi) is 4.13. The highest BCUT2D eigenvalue weighted by Gasteiger charge is 2.29. The highest BCUT2D eigenvalue weighted by Crippen LogP contribution is 2.29. The second-order valence-electron chi connectivity index (χ2n) is 4.30. The average Bonchev–Trinajstić information content (AvgIpc) is 2.41. The highest BCUT2D eigenvalue weighted by molar-refractivity contribution is 7.93. The number of benzene rings is 2. The Bertz CT molecular complexity index is 726. The van der Waals surface area contributed by atoms with Crippen LogP contribution in [0.1, 0.15) is 6.92 Å². The lowest BCUT2D eigenvalue weighted by molar-refractivity contribution is 0.565. The molecule has 0 atom stereocenters. The number of halogens is 2. The molecule has 0 radical (unpaired) electrons. The summed E-state index contributed by atoms with van der Waals surface area (Å²) in [6.45, 7) is 1.65. The lowest BCUT2D eigenvalue weighted by atomic mass is 10.3. The van der Waals surface area contributed by atoms with Crippen molar-refractivity contribution in [3.05, 3.63) is 54.1 Å². The normalized spacial score (nSPS) is 11.4. The number of anilines is 2. The van der Waals surface area contributed by atoms with Crippen molar-refractivity contribution in [2.24, 2.45) is 0 Å².